The van der Waals surface area contributed by atoms with Crippen molar-refractivity contribution < 1.29 is 23.9 Å². The summed E-state index contributed by atoms with van der Waals surface area (Å²) >= 11 is 0. The van der Waals surface area contributed by atoms with Crippen LogP contribution < -0.4 is 0 Å². The molecule has 10 atom stereocenters. The number of Topliss-reactive ketones (excluding diaryl/α,β-unsaturated/α-hetero) is 1. The first-order valence-corrected chi connectivity index (χ1v) is 15.4. The molecule has 5 nitrogen and oxygen atoms in total. The number of hydrogen-bond donors (Lipinski definition) is 0. The van der Waals surface area contributed by atoms with Crippen molar-refractivity contribution in [2.45, 2.75) is 126 Å². The van der Waals surface area contributed by atoms with E-state index in [9.17, 15) is 14.4 Å². The molecule has 5 aliphatic carbocycles. The van der Waals surface area contributed by atoms with Crippen LogP contribution in [0.15, 0.2) is 0 Å². The van der Waals surface area contributed by atoms with E-state index in [0.717, 1.165) is 38.5 Å². The molecule has 0 spiro atoms. The average Bonchev–Trinajstić information content (AvgIpc) is 3.20. The minimum atomic E-state index is -0.202. The van der Waals surface area contributed by atoms with Crippen molar-refractivity contribution in [3.8, 4) is 0 Å². The highest BCUT2D eigenvalue weighted by atomic mass is 16.5. The van der Waals surface area contributed by atoms with Gasteiger partial charge in [-0.15, -0.1) is 0 Å². The van der Waals surface area contributed by atoms with E-state index >= 15 is 0 Å². The fourth-order valence-corrected chi connectivity index (χ4v) is 12.1. The summed E-state index contributed by atoms with van der Waals surface area (Å²) in [6.45, 7) is 17.8. The summed E-state index contributed by atoms with van der Waals surface area (Å²) in [6.07, 6.45) is 11.0. The van der Waals surface area contributed by atoms with Crippen LogP contribution in [0, 0.1) is 56.7 Å². The number of ether oxygens (including phenoxy) is 2. The Morgan fingerprint density at radius 2 is 1.42 bits per heavy atom. The molecule has 5 heteroatoms. The molecule has 0 N–H and O–H groups in total. The van der Waals surface area contributed by atoms with Gasteiger partial charge in [-0.2, -0.15) is 0 Å². The zero-order chi connectivity index (χ0) is 27.9. The lowest BCUT2D eigenvalue weighted by atomic mass is 9.32. The molecule has 0 aromatic heterocycles. The van der Waals surface area contributed by atoms with E-state index < -0.39 is 0 Å². The maximum Gasteiger partial charge on any atom is 0.302 e. The summed E-state index contributed by atoms with van der Waals surface area (Å²) in [7, 11) is 0. The molecule has 214 valence electrons. The molecule has 0 radical (unpaired) electrons. The van der Waals surface area contributed by atoms with Gasteiger partial charge in [0.25, 0.3) is 0 Å². The highest BCUT2D eigenvalue weighted by molar-refractivity contribution is 5.79. The van der Waals surface area contributed by atoms with Gasteiger partial charge in [-0.25, -0.2) is 0 Å². The first kappa shape index (κ1) is 28.1. The fourth-order valence-electron chi connectivity index (χ4n) is 12.1. The van der Waals surface area contributed by atoms with Gasteiger partial charge in [-0.05, 0) is 111 Å². The topological polar surface area (TPSA) is 69.7 Å². The molecule has 5 rings (SSSR count). The number of carbonyl (C=O) groups excluding carboxylic acids is 3. The van der Waals surface area contributed by atoms with Crippen LogP contribution in [0.2, 0.25) is 0 Å². The lowest BCUT2D eigenvalue weighted by molar-refractivity contribution is -0.252. The van der Waals surface area contributed by atoms with Crippen molar-refractivity contribution in [1.29, 1.82) is 0 Å². The number of esters is 2. The second kappa shape index (κ2) is 9.06. The minimum Gasteiger partial charge on any atom is -0.465 e. The van der Waals surface area contributed by atoms with Crippen molar-refractivity contribution in [1.82, 2.24) is 0 Å². The highest BCUT2D eigenvalue weighted by Crippen LogP contribution is 2.77. The Bertz CT molecular complexity index is 1000. The van der Waals surface area contributed by atoms with Gasteiger partial charge in [0.05, 0.1) is 6.61 Å². The van der Waals surface area contributed by atoms with Gasteiger partial charge in [0, 0.05) is 30.6 Å². The normalized spacial score (nSPS) is 49.1. The van der Waals surface area contributed by atoms with Crippen molar-refractivity contribution in [2.24, 2.45) is 56.7 Å². The third-order valence-electron chi connectivity index (χ3n) is 13.9. The standard InChI is InChI=1S/C33H52O5/c1-20(34)23-11-16-33(19-37-21(2)35)18-17-31(7)24(28(23)33)9-10-26-30(6)14-13-27(38-22(3)36)29(4,5)25(30)12-15-32(26,31)8/h23-28H,9-19H2,1-8H3/t23-,24-,25-,26+,27-,28-,30+,31-,32-,33-/m0/s1. The Morgan fingerprint density at radius 3 is 2.05 bits per heavy atom. The largest absolute Gasteiger partial charge is 0.465 e. The second-order valence-electron chi connectivity index (χ2n) is 15.6. The molecule has 0 heterocycles. The van der Waals surface area contributed by atoms with Gasteiger partial charge in [0.2, 0.25) is 0 Å². The van der Waals surface area contributed by atoms with E-state index in [1.54, 1.807) is 13.8 Å². The van der Waals surface area contributed by atoms with Crippen molar-refractivity contribution in [3.63, 3.8) is 0 Å². The van der Waals surface area contributed by atoms with E-state index in [1.165, 1.54) is 32.6 Å². The third-order valence-corrected chi connectivity index (χ3v) is 13.9. The summed E-state index contributed by atoms with van der Waals surface area (Å²) < 4.78 is 11.6. The summed E-state index contributed by atoms with van der Waals surface area (Å²) in [5.74, 6) is 2.05. The molecule has 0 aromatic rings. The Morgan fingerprint density at radius 1 is 0.711 bits per heavy atom. The van der Waals surface area contributed by atoms with Gasteiger partial charge in [-0.3, -0.25) is 14.4 Å². The van der Waals surface area contributed by atoms with Crippen molar-refractivity contribution in [3.05, 3.63) is 0 Å². The molecule has 38 heavy (non-hydrogen) atoms. The molecule has 5 fully saturated rings. The fraction of sp³-hybridized carbons (Fsp3) is 0.909. The van der Waals surface area contributed by atoms with E-state index in [0.29, 0.717) is 36.1 Å². The van der Waals surface area contributed by atoms with Gasteiger partial charge < -0.3 is 9.47 Å². The van der Waals surface area contributed by atoms with Gasteiger partial charge in [0.15, 0.2) is 0 Å². The molecule has 5 aliphatic rings. The minimum absolute atomic E-state index is 0.000688. The molecule has 5 saturated carbocycles. The molecular formula is C33H52O5. The van der Waals surface area contributed by atoms with Crippen LogP contribution in [0.4, 0.5) is 0 Å². The summed E-state index contributed by atoms with van der Waals surface area (Å²) in [5, 5.41) is 0. The van der Waals surface area contributed by atoms with Gasteiger partial charge in [0.1, 0.15) is 11.9 Å². The predicted molar refractivity (Wildman–Crippen MR) is 147 cm³/mol. The summed E-state index contributed by atoms with van der Waals surface area (Å²) in [5.41, 5.74) is 0.532. The maximum atomic E-state index is 13.0. The zero-order valence-corrected chi connectivity index (χ0v) is 25.3. The van der Waals surface area contributed by atoms with Crippen molar-refractivity contribution in [2.75, 3.05) is 6.61 Å². The van der Waals surface area contributed by atoms with Crippen LogP contribution >= 0.6 is 0 Å². The van der Waals surface area contributed by atoms with Crippen LogP contribution in [-0.4, -0.2) is 30.4 Å². The number of fused-ring (bicyclic) bond motifs is 7. The van der Waals surface area contributed by atoms with Gasteiger partial charge in [-0.1, -0.05) is 34.6 Å². The van der Waals surface area contributed by atoms with Crippen LogP contribution in [0.3, 0.4) is 0 Å². The predicted octanol–water partition coefficient (Wildman–Crippen LogP) is 7.15. The lowest BCUT2D eigenvalue weighted by Crippen LogP contribution is -2.67. The number of ketones is 1. The van der Waals surface area contributed by atoms with E-state index in [1.807, 2.05) is 0 Å². The first-order valence-electron chi connectivity index (χ1n) is 15.4. The molecular weight excluding hydrogens is 476 g/mol. The maximum absolute atomic E-state index is 13.0. The molecule has 0 aliphatic heterocycles. The quantitative estimate of drug-likeness (QED) is 0.362. The lowest BCUT2D eigenvalue weighted by Gasteiger charge is -2.73. The zero-order valence-electron chi connectivity index (χ0n) is 25.3. The third kappa shape index (κ3) is 3.79. The van der Waals surface area contributed by atoms with E-state index in [-0.39, 0.29) is 51.0 Å². The Labute approximate surface area is 230 Å². The first-order chi connectivity index (χ1) is 17.6. The number of carbonyl (C=O) groups is 3. The number of hydrogen-bond acceptors (Lipinski definition) is 5. The summed E-state index contributed by atoms with van der Waals surface area (Å²) in [4.78, 5) is 36.8. The smallest absolute Gasteiger partial charge is 0.302 e. The SMILES string of the molecule is CC(=O)OC[C@@]12CC[C@@H](C(C)=O)[C@H]1[C@@H]1CC[C@@H]3[C@]4(C)CC[C@H](OC(C)=O)C(C)(C)[C@@H]4CC[C@]3(C)[C@@]1(C)CC2. The number of rotatable bonds is 4. The van der Waals surface area contributed by atoms with Crippen LogP contribution in [0.1, 0.15) is 120 Å². The monoisotopic (exact) mass is 528 g/mol. The van der Waals surface area contributed by atoms with Gasteiger partial charge >= 0.3 is 11.9 Å². The molecule has 0 bridgehead atoms. The van der Waals surface area contributed by atoms with Crippen LogP contribution in [0.5, 0.6) is 0 Å². The Kier molecular flexibility index (Phi) is 6.71. The molecule has 0 unspecified atom stereocenters. The summed E-state index contributed by atoms with van der Waals surface area (Å²) in [6, 6.07) is 0. The van der Waals surface area contributed by atoms with Crippen LogP contribution in [-0.2, 0) is 23.9 Å². The highest BCUT2D eigenvalue weighted by Gasteiger charge is 2.71. The molecule has 0 saturated heterocycles. The van der Waals surface area contributed by atoms with E-state index in [2.05, 4.69) is 34.6 Å². The second-order valence-corrected chi connectivity index (χ2v) is 15.6. The average molecular weight is 529 g/mol. The molecule has 0 aromatic carbocycles. The van der Waals surface area contributed by atoms with Crippen LogP contribution in [0.25, 0.3) is 0 Å². The Balaban J connectivity index is 1.49. The Hall–Kier alpha value is -1.39. The molecule has 0 amide bonds. The van der Waals surface area contributed by atoms with Crippen molar-refractivity contribution >= 4 is 17.7 Å². The van der Waals surface area contributed by atoms with E-state index in [4.69, 9.17) is 9.47 Å².